The summed E-state index contributed by atoms with van der Waals surface area (Å²) in [5.41, 5.74) is 0.712. The van der Waals surface area contributed by atoms with Gasteiger partial charge in [0.25, 0.3) is 0 Å². The molecule has 4 heteroatoms. The van der Waals surface area contributed by atoms with Gasteiger partial charge < -0.3 is 14.7 Å². The Morgan fingerprint density at radius 3 is 2.69 bits per heavy atom. The van der Waals surface area contributed by atoms with Gasteiger partial charge in [-0.25, -0.2) is 4.98 Å². The first kappa shape index (κ1) is 11.4. The first-order valence-corrected chi connectivity index (χ1v) is 5.66. The number of rotatable bonds is 2. The van der Waals surface area contributed by atoms with Gasteiger partial charge in [-0.1, -0.05) is 6.07 Å². The molecule has 16 heavy (non-hydrogen) atoms. The second-order valence-corrected chi connectivity index (χ2v) is 4.31. The molecule has 1 aromatic rings. The van der Waals surface area contributed by atoms with Gasteiger partial charge in [0.2, 0.25) is 0 Å². The van der Waals surface area contributed by atoms with Crippen molar-refractivity contribution in [3.63, 3.8) is 0 Å². The smallest absolute Gasteiger partial charge is 0.129 e. The molecule has 0 saturated carbocycles. The molecule has 1 fully saturated rings. The Balaban J connectivity index is 2.16. The highest BCUT2D eigenvalue weighted by Crippen LogP contribution is 2.18. The SMILES string of the molecule is C[C@@H]1CN(c2cccc(CO)n2)C[C@H](C)O1. The van der Waals surface area contributed by atoms with Crippen LogP contribution in [0.5, 0.6) is 0 Å². The third-order valence-corrected chi connectivity index (χ3v) is 2.70. The molecule has 2 rings (SSSR count). The molecule has 2 atom stereocenters. The molecule has 0 radical (unpaired) electrons. The number of aromatic nitrogens is 1. The Bertz CT molecular complexity index is 347. The lowest BCUT2D eigenvalue weighted by atomic mass is 10.2. The summed E-state index contributed by atoms with van der Waals surface area (Å²) in [7, 11) is 0. The normalized spacial score (nSPS) is 25.8. The van der Waals surface area contributed by atoms with Gasteiger partial charge in [0, 0.05) is 13.1 Å². The van der Waals surface area contributed by atoms with Gasteiger partial charge in [-0.2, -0.15) is 0 Å². The summed E-state index contributed by atoms with van der Waals surface area (Å²) in [5, 5.41) is 9.06. The minimum absolute atomic E-state index is 0.0106. The van der Waals surface area contributed by atoms with E-state index >= 15 is 0 Å². The molecule has 0 amide bonds. The van der Waals surface area contributed by atoms with Crippen molar-refractivity contribution >= 4 is 5.82 Å². The Morgan fingerprint density at radius 2 is 2.06 bits per heavy atom. The summed E-state index contributed by atoms with van der Waals surface area (Å²) in [5.74, 6) is 0.925. The van der Waals surface area contributed by atoms with E-state index in [0.717, 1.165) is 18.9 Å². The molecular formula is C12H18N2O2. The van der Waals surface area contributed by atoms with Crippen LogP contribution in [0.2, 0.25) is 0 Å². The number of anilines is 1. The number of hydrogen-bond donors (Lipinski definition) is 1. The van der Waals surface area contributed by atoms with Crippen LogP contribution >= 0.6 is 0 Å². The quantitative estimate of drug-likeness (QED) is 0.816. The van der Waals surface area contributed by atoms with Gasteiger partial charge in [0.15, 0.2) is 0 Å². The van der Waals surface area contributed by atoms with Crippen molar-refractivity contribution in [1.82, 2.24) is 4.98 Å². The molecule has 88 valence electrons. The maximum atomic E-state index is 9.06. The predicted octanol–water partition coefficient (Wildman–Crippen LogP) is 1.19. The lowest BCUT2D eigenvalue weighted by Gasteiger charge is -2.36. The van der Waals surface area contributed by atoms with E-state index in [9.17, 15) is 0 Å². The Labute approximate surface area is 95.9 Å². The Kier molecular flexibility index (Phi) is 3.41. The first-order valence-electron chi connectivity index (χ1n) is 5.66. The molecule has 0 aliphatic carbocycles. The number of nitrogens with zero attached hydrogens (tertiary/aromatic N) is 2. The summed E-state index contributed by atoms with van der Waals surface area (Å²) in [6.45, 7) is 5.83. The minimum Gasteiger partial charge on any atom is -0.390 e. The molecule has 0 unspecified atom stereocenters. The highest BCUT2D eigenvalue weighted by atomic mass is 16.5. The predicted molar refractivity (Wildman–Crippen MR) is 62.4 cm³/mol. The fraction of sp³-hybridized carbons (Fsp3) is 0.583. The van der Waals surface area contributed by atoms with Crippen molar-refractivity contribution in [2.24, 2.45) is 0 Å². The van der Waals surface area contributed by atoms with Crippen molar-refractivity contribution < 1.29 is 9.84 Å². The third kappa shape index (κ3) is 2.51. The maximum absolute atomic E-state index is 9.06. The second kappa shape index (κ2) is 4.80. The zero-order valence-corrected chi connectivity index (χ0v) is 9.76. The summed E-state index contributed by atoms with van der Waals surface area (Å²) >= 11 is 0. The monoisotopic (exact) mass is 222 g/mol. The number of hydrogen-bond acceptors (Lipinski definition) is 4. The molecule has 1 N–H and O–H groups in total. The zero-order chi connectivity index (χ0) is 11.5. The van der Waals surface area contributed by atoms with Crippen LogP contribution in [0, 0.1) is 0 Å². The van der Waals surface area contributed by atoms with Crippen molar-refractivity contribution in [3.8, 4) is 0 Å². The molecule has 1 aliphatic heterocycles. The molecule has 1 aromatic heterocycles. The summed E-state index contributed by atoms with van der Waals surface area (Å²) in [6.07, 6.45) is 0.451. The van der Waals surface area contributed by atoms with E-state index in [4.69, 9.17) is 9.84 Å². The van der Waals surface area contributed by atoms with Crippen molar-refractivity contribution in [2.45, 2.75) is 32.7 Å². The fourth-order valence-corrected chi connectivity index (χ4v) is 2.10. The molecule has 0 bridgehead atoms. The van der Waals surface area contributed by atoms with Crippen molar-refractivity contribution in [3.05, 3.63) is 23.9 Å². The van der Waals surface area contributed by atoms with Crippen LogP contribution < -0.4 is 4.90 Å². The molecule has 1 aliphatic rings. The lowest BCUT2D eigenvalue weighted by Crippen LogP contribution is -2.45. The molecule has 0 aromatic carbocycles. The van der Waals surface area contributed by atoms with Gasteiger partial charge >= 0.3 is 0 Å². The topological polar surface area (TPSA) is 45.6 Å². The number of pyridine rings is 1. The van der Waals surface area contributed by atoms with Gasteiger partial charge in [0.1, 0.15) is 5.82 Å². The third-order valence-electron chi connectivity index (χ3n) is 2.70. The molecule has 1 saturated heterocycles. The minimum atomic E-state index is -0.0106. The Hall–Kier alpha value is -1.13. The number of aliphatic hydroxyl groups excluding tert-OH is 1. The average molecular weight is 222 g/mol. The van der Waals surface area contributed by atoms with Crippen molar-refractivity contribution in [2.75, 3.05) is 18.0 Å². The molecular weight excluding hydrogens is 204 g/mol. The average Bonchev–Trinajstić information content (AvgIpc) is 2.28. The van der Waals surface area contributed by atoms with E-state index in [0.29, 0.717) is 5.69 Å². The van der Waals surface area contributed by atoms with Gasteiger partial charge in [-0.15, -0.1) is 0 Å². The van der Waals surface area contributed by atoms with Crippen LogP contribution in [0.1, 0.15) is 19.5 Å². The molecule has 2 heterocycles. The standard InChI is InChI=1S/C12H18N2O2/c1-9-6-14(7-10(2)16-9)12-5-3-4-11(8-15)13-12/h3-5,9-10,15H,6-8H2,1-2H3/t9-,10+. The number of ether oxygens (including phenoxy) is 1. The fourth-order valence-electron chi connectivity index (χ4n) is 2.10. The molecule has 4 nitrogen and oxygen atoms in total. The van der Waals surface area contributed by atoms with Crippen LogP contribution in [-0.2, 0) is 11.3 Å². The van der Waals surface area contributed by atoms with E-state index in [1.165, 1.54) is 0 Å². The largest absolute Gasteiger partial charge is 0.390 e. The van der Waals surface area contributed by atoms with Crippen LogP contribution in [0.15, 0.2) is 18.2 Å². The molecule has 0 spiro atoms. The first-order chi connectivity index (χ1) is 7.69. The van der Waals surface area contributed by atoms with E-state index in [-0.39, 0.29) is 18.8 Å². The van der Waals surface area contributed by atoms with Crippen LogP contribution in [0.3, 0.4) is 0 Å². The number of aliphatic hydroxyl groups is 1. The maximum Gasteiger partial charge on any atom is 0.129 e. The van der Waals surface area contributed by atoms with E-state index in [1.807, 2.05) is 18.2 Å². The second-order valence-electron chi connectivity index (χ2n) is 4.31. The lowest BCUT2D eigenvalue weighted by molar-refractivity contribution is -0.00547. The van der Waals surface area contributed by atoms with Gasteiger partial charge in [-0.3, -0.25) is 0 Å². The van der Waals surface area contributed by atoms with Crippen LogP contribution in [-0.4, -0.2) is 35.4 Å². The summed E-state index contributed by atoms with van der Waals surface area (Å²) in [6, 6.07) is 5.74. The summed E-state index contributed by atoms with van der Waals surface area (Å²) in [4.78, 5) is 6.61. The highest BCUT2D eigenvalue weighted by molar-refractivity contribution is 5.40. The highest BCUT2D eigenvalue weighted by Gasteiger charge is 2.22. The van der Waals surface area contributed by atoms with E-state index in [2.05, 4.69) is 23.7 Å². The van der Waals surface area contributed by atoms with Crippen LogP contribution in [0.25, 0.3) is 0 Å². The summed E-state index contributed by atoms with van der Waals surface area (Å²) < 4.78 is 5.68. The number of morpholine rings is 1. The van der Waals surface area contributed by atoms with Gasteiger partial charge in [-0.05, 0) is 26.0 Å². The van der Waals surface area contributed by atoms with Gasteiger partial charge in [0.05, 0.1) is 24.5 Å². The van der Waals surface area contributed by atoms with E-state index in [1.54, 1.807) is 0 Å². The van der Waals surface area contributed by atoms with Crippen LogP contribution in [0.4, 0.5) is 5.82 Å². The zero-order valence-electron chi connectivity index (χ0n) is 9.76. The Morgan fingerprint density at radius 1 is 1.38 bits per heavy atom. The van der Waals surface area contributed by atoms with Crippen molar-refractivity contribution in [1.29, 1.82) is 0 Å². The van der Waals surface area contributed by atoms with E-state index < -0.39 is 0 Å².